The van der Waals surface area contributed by atoms with Crippen molar-refractivity contribution >= 4 is 5.97 Å². The molecule has 2 heterocycles. The van der Waals surface area contributed by atoms with E-state index in [9.17, 15) is 27.9 Å². The van der Waals surface area contributed by atoms with E-state index in [1.54, 1.807) is 26.0 Å². The molecule has 0 aliphatic heterocycles. The Morgan fingerprint density at radius 2 is 1.68 bits per heavy atom. The van der Waals surface area contributed by atoms with E-state index in [0.717, 1.165) is 6.92 Å². The van der Waals surface area contributed by atoms with Crippen molar-refractivity contribution in [3.05, 3.63) is 50.7 Å². The van der Waals surface area contributed by atoms with Crippen molar-refractivity contribution < 1.29 is 23.1 Å². The van der Waals surface area contributed by atoms with E-state index in [-0.39, 0.29) is 5.69 Å². The first-order valence-corrected chi connectivity index (χ1v) is 6.28. The average Bonchev–Trinajstić information content (AvgIpc) is 2.67. The zero-order valence-electron chi connectivity index (χ0n) is 12.0. The summed E-state index contributed by atoms with van der Waals surface area (Å²) in [5.41, 5.74) is -2.91. The summed E-state index contributed by atoms with van der Waals surface area (Å²) in [6.07, 6.45) is -4.88. The first kappa shape index (κ1) is 15.9. The first-order valence-electron chi connectivity index (χ1n) is 6.28. The number of carboxylic acid groups (broad SMARTS) is 1. The monoisotopic (exact) mass is 314 g/mol. The fraction of sp³-hybridized carbons (Fsp3) is 0.286. The molecule has 0 amide bonds. The highest BCUT2D eigenvalue weighted by atomic mass is 19.4. The van der Waals surface area contributed by atoms with E-state index in [1.807, 2.05) is 4.98 Å². The van der Waals surface area contributed by atoms with Crippen LogP contribution in [0.4, 0.5) is 13.2 Å². The Morgan fingerprint density at radius 3 is 2.09 bits per heavy atom. The summed E-state index contributed by atoms with van der Waals surface area (Å²) < 4.78 is 40.6. The van der Waals surface area contributed by atoms with E-state index < -0.39 is 34.5 Å². The third-order valence-electron chi connectivity index (χ3n) is 3.42. The summed E-state index contributed by atoms with van der Waals surface area (Å²) >= 11 is 0. The maximum atomic E-state index is 13.1. The normalized spacial score (nSPS) is 11.7. The Hall–Kier alpha value is -2.51. The Kier molecular flexibility index (Phi) is 3.64. The van der Waals surface area contributed by atoms with Crippen LogP contribution >= 0.6 is 0 Å². The second kappa shape index (κ2) is 5.04. The van der Waals surface area contributed by atoms with Crippen LogP contribution in [-0.4, -0.2) is 20.6 Å². The largest absolute Gasteiger partial charge is 0.477 e. The van der Waals surface area contributed by atoms with Crippen LogP contribution in [0.3, 0.4) is 0 Å². The van der Waals surface area contributed by atoms with Crippen molar-refractivity contribution in [3.63, 3.8) is 0 Å². The number of aromatic nitrogens is 2. The third-order valence-corrected chi connectivity index (χ3v) is 3.42. The van der Waals surface area contributed by atoms with E-state index in [1.165, 1.54) is 4.57 Å². The SMILES string of the molecule is Cc1c(-n2c(C)ccc2C)c(C(=O)O)[nH]c(=O)c1C(F)(F)F. The van der Waals surface area contributed by atoms with Crippen molar-refractivity contribution in [1.82, 2.24) is 9.55 Å². The van der Waals surface area contributed by atoms with Gasteiger partial charge in [-0.25, -0.2) is 4.79 Å². The maximum absolute atomic E-state index is 13.1. The van der Waals surface area contributed by atoms with Gasteiger partial charge in [-0.05, 0) is 38.5 Å². The quantitative estimate of drug-likeness (QED) is 0.895. The highest BCUT2D eigenvalue weighted by Gasteiger charge is 2.38. The summed E-state index contributed by atoms with van der Waals surface area (Å²) in [5, 5.41) is 9.22. The van der Waals surface area contributed by atoms with Crippen LogP contribution in [0.1, 0.15) is 33.0 Å². The van der Waals surface area contributed by atoms with Crippen molar-refractivity contribution in [3.8, 4) is 5.69 Å². The number of nitrogens with one attached hydrogen (secondary N) is 1. The molecule has 0 saturated heterocycles. The molecule has 0 aliphatic rings. The molecule has 0 aromatic carbocycles. The average molecular weight is 314 g/mol. The second-order valence-corrected chi connectivity index (χ2v) is 4.93. The molecule has 0 radical (unpaired) electrons. The van der Waals surface area contributed by atoms with E-state index in [0.29, 0.717) is 11.4 Å². The minimum atomic E-state index is -4.88. The smallest absolute Gasteiger partial charge is 0.422 e. The molecule has 0 atom stereocenters. The zero-order valence-corrected chi connectivity index (χ0v) is 12.0. The number of carbonyl (C=O) groups is 1. The number of halogens is 3. The van der Waals surface area contributed by atoms with Crippen LogP contribution in [0, 0.1) is 20.8 Å². The van der Waals surface area contributed by atoms with Crippen molar-refractivity contribution in [2.45, 2.75) is 26.9 Å². The lowest BCUT2D eigenvalue weighted by Crippen LogP contribution is -2.28. The second-order valence-electron chi connectivity index (χ2n) is 4.93. The standard InChI is InChI=1S/C14H13F3N2O3/c1-6-4-5-7(2)19(6)11-8(3)9(14(15,16)17)12(20)18-10(11)13(21)22/h4-5H,1-3H3,(H,18,20)(H,21,22). The van der Waals surface area contributed by atoms with Crippen molar-refractivity contribution in [2.75, 3.05) is 0 Å². The van der Waals surface area contributed by atoms with Crippen molar-refractivity contribution in [2.24, 2.45) is 0 Å². The number of hydrogen-bond acceptors (Lipinski definition) is 2. The lowest BCUT2D eigenvalue weighted by molar-refractivity contribution is -0.139. The molecule has 0 saturated carbocycles. The molecule has 22 heavy (non-hydrogen) atoms. The van der Waals surface area contributed by atoms with Crippen LogP contribution < -0.4 is 5.56 Å². The maximum Gasteiger partial charge on any atom is 0.422 e. The van der Waals surface area contributed by atoms with Crippen LogP contribution in [-0.2, 0) is 6.18 Å². The van der Waals surface area contributed by atoms with Gasteiger partial charge in [0.05, 0.1) is 5.69 Å². The molecular formula is C14H13F3N2O3. The lowest BCUT2D eigenvalue weighted by atomic mass is 10.1. The summed E-state index contributed by atoms with van der Waals surface area (Å²) in [6, 6.07) is 3.30. The highest BCUT2D eigenvalue weighted by molar-refractivity contribution is 5.90. The molecule has 2 aromatic rings. The summed E-state index contributed by atoms with van der Waals surface area (Å²) in [7, 11) is 0. The van der Waals surface area contributed by atoms with Crippen LogP contribution in [0.25, 0.3) is 5.69 Å². The van der Waals surface area contributed by atoms with E-state index >= 15 is 0 Å². The molecule has 118 valence electrons. The number of rotatable bonds is 2. The van der Waals surface area contributed by atoms with Gasteiger partial charge in [0.25, 0.3) is 5.56 Å². The topological polar surface area (TPSA) is 75.1 Å². The summed E-state index contributed by atoms with van der Waals surface area (Å²) in [5.74, 6) is -1.50. The molecule has 2 N–H and O–H groups in total. The minimum Gasteiger partial charge on any atom is -0.477 e. The Balaban J connectivity index is 2.99. The van der Waals surface area contributed by atoms with Crippen molar-refractivity contribution in [1.29, 1.82) is 0 Å². The van der Waals surface area contributed by atoms with Gasteiger partial charge >= 0.3 is 12.1 Å². The number of aromatic amines is 1. The van der Waals surface area contributed by atoms with Gasteiger partial charge < -0.3 is 14.7 Å². The van der Waals surface area contributed by atoms with Crippen LogP contribution in [0.2, 0.25) is 0 Å². The van der Waals surface area contributed by atoms with Gasteiger partial charge in [-0.2, -0.15) is 13.2 Å². The summed E-state index contributed by atoms with van der Waals surface area (Å²) in [6.45, 7) is 4.37. The predicted octanol–water partition coefficient (Wildman–Crippen LogP) is 2.81. The minimum absolute atomic E-state index is 0.181. The van der Waals surface area contributed by atoms with Gasteiger partial charge in [0.1, 0.15) is 5.56 Å². The Labute approximate surface area is 123 Å². The molecule has 2 rings (SSSR count). The number of aromatic carboxylic acids is 1. The fourth-order valence-electron chi connectivity index (χ4n) is 2.51. The number of alkyl halides is 3. The van der Waals surface area contributed by atoms with Gasteiger partial charge in [0.15, 0.2) is 5.69 Å². The number of carboxylic acids is 1. The Bertz CT molecular complexity index is 796. The third kappa shape index (κ3) is 2.40. The number of hydrogen-bond donors (Lipinski definition) is 2. The lowest BCUT2D eigenvalue weighted by Gasteiger charge is -2.18. The number of nitrogens with zero attached hydrogens (tertiary/aromatic N) is 1. The molecule has 2 aromatic heterocycles. The van der Waals surface area contributed by atoms with Gasteiger partial charge in [0.2, 0.25) is 0 Å². The number of pyridine rings is 1. The molecular weight excluding hydrogens is 301 g/mol. The van der Waals surface area contributed by atoms with Crippen LogP contribution in [0.5, 0.6) is 0 Å². The van der Waals surface area contributed by atoms with Gasteiger partial charge in [-0.15, -0.1) is 0 Å². The van der Waals surface area contributed by atoms with E-state index in [4.69, 9.17) is 0 Å². The summed E-state index contributed by atoms with van der Waals surface area (Å²) in [4.78, 5) is 24.8. The molecule has 8 heteroatoms. The van der Waals surface area contributed by atoms with E-state index in [2.05, 4.69) is 0 Å². The number of aryl methyl sites for hydroxylation is 2. The highest BCUT2D eigenvalue weighted by Crippen LogP contribution is 2.33. The molecule has 0 unspecified atom stereocenters. The van der Waals surface area contributed by atoms with Gasteiger partial charge in [-0.3, -0.25) is 4.79 Å². The molecule has 0 spiro atoms. The molecule has 0 aliphatic carbocycles. The zero-order chi connectivity index (χ0) is 16.8. The fourth-order valence-corrected chi connectivity index (χ4v) is 2.51. The molecule has 0 bridgehead atoms. The molecule has 5 nitrogen and oxygen atoms in total. The number of H-pyrrole nitrogens is 1. The first-order chi connectivity index (χ1) is 10.1. The predicted molar refractivity (Wildman–Crippen MR) is 72.6 cm³/mol. The van der Waals surface area contributed by atoms with Crippen LogP contribution in [0.15, 0.2) is 16.9 Å². The van der Waals surface area contributed by atoms with Gasteiger partial charge in [0, 0.05) is 11.4 Å². The molecule has 0 fully saturated rings. The van der Waals surface area contributed by atoms with Gasteiger partial charge in [-0.1, -0.05) is 0 Å². The Morgan fingerprint density at radius 1 is 1.18 bits per heavy atom.